The molecule has 3 aromatic rings. The van der Waals surface area contributed by atoms with E-state index in [1.807, 2.05) is 42.5 Å². The molecule has 3 rings (SSSR count). The molecule has 0 aromatic carbocycles. The number of rotatable bonds is 7. The predicted octanol–water partition coefficient (Wildman–Crippen LogP) is 2.17. The third kappa shape index (κ3) is 4.92. The average molecular weight is 333 g/mol. The molecule has 0 aliphatic rings. The topological polar surface area (TPSA) is 85.0 Å². The summed E-state index contributed by atoms with van der Waals surface area (Å²) >= 11 is 0. The molecule has 0 unspecified atom stereocenters. The molecule has 0 aliphatic heterocycles. The summed E-state index contributed by atoms with van der Waals surface area (Å²) in [4.78, 5) is 26.5. The highest BCUT2D eigenvalue weighted by molar-refractivity contribution is 5.92. The first-order valence-electron chi connectivity index (χ1n) is 7.97. The normalized spacial score (nSPS) is 10.8. The Hall–Kier alpha value is -3.12. The van der Waals surface area contributed by atoms with E-state index in [9.17, 15) is 4.79 Å². The lowest BCUT2D eigenvalue weighted by Gasteiger charge is -2.21. The maximum absolute atomic E-state index is 11.2. The van der Waals surface area contributed by atoms with Crippen molar-refractivity contribution < 1.29 is 4.79 Å². The van der Waals surface area contributed by atoms with Gasteiger partial charge in [-0.2, -0.15) is 0 Å². The number of primary amides is 1. The maximum atomic E-state index is 11.2. The molecule has 6 heteroatoms. The van der Waals surface area contributed by atoms with Crippen LogP contribution in [0.2, 0.25) is 0 Å². The fraction of sp³-hybridized carbons (Fsp3) is 0.158. The van der Waals surface area contributed by atoms with Gasteiger partial charge in [-0.1, -0.05) is 12.1 Å². The largest absolute Gasteiger partial charge is 0.366 e. The van der Waals surface area contributed by atoms with Gasteiger partial charge in [-0.05, 0) is 36.4 Å². The lowest BCUT2D eigenvalue weighted by Crippen LogP contribution is -2.24. The van der Waals surface area contributed by atoms with E-state index in [-0.39, 0.29) is 0 Å². The molecule has 3 heterocycles. The van der Waals surface area contributed by atoms with Crippen molar-refractivity contribution in [1.82, 2.24) is 19.9 Å². The van der Waals surface area contributed by atoms with Gasteiger partial charge in [-0.3, -0.25) is 24.6 Å². The van der Waals surface area contributed by atoms with Crippen LogP contribution in [-0.4, -0.2) is 25.8 Å². The molecule has 6 nitrogen and oxygen atoms in total. The fourth-order valence-electron chi connectivity index (χ4n) is 2.50. The quantitative estimate of drug-likeness (QED) is 0.716. The van der Waals surface area contributed by atoms with Crippen molar-refractivity contribution in [3.05, 3.63) is 89.8 Å². The van der Waals surface area contributed by atoms with E-state index in [1.54, 1.807) is 18.5 Å². The molecule has 0 atom stereocenters. The van der Waals surface area contributed by atoms with Crippen molar-refractivity contribution in [3.8, 4) is 0 Å². The van der Waals surface area contributed by atoms with E-state index in [2.05, 4.69) is 19.9 Å². The SMILES string of the molecule is NC(=O)c1ccc(CN(Cc2ccccn2)Cc2ccccn2)nc1. The Balaban J connectivity index is 1.76. The van der Waals surface area contributed by atoms with Crippen molar-refractivity contribution in [2.24, 2.45) is 5.73 Å². The Bertz CT molecular complexity index is 765. The van der Waals surface area contributed by atoms with Gasteiger partial charge in [-0.15, -0.1) is 0 Å². The molecule has 0 saturated heterocycles. The Morgan fingerprint density at radius 1 is 0.800 bits per heavy atom. The fourth-order valence-corrected chi connectivity index (χ4v) is 2.50. The van der Waals surface area contributed by atoms with Crippen LogP contribution >= 0.6 is 0 Å². The Morgan fingerprint density at radius 3 is 1.76 bits per heavy atom. The summed E-state index contributed by atoms with van der Waals surface area (Å²) in [5.74, 6) is -0.474. The highest BCUT2D eigenvalue weighted by Gasteiger charge is 2.11. The lowest BCUT2D eigenvalue weighted by molar-refractivity contribution is 0.1000. The van der Waals surface area contributed by atoms with Gasteiger partial charge in [-0.25, -0.2) is 0 Å². The van der Waals surface area contributed by atoms with Gasteiger partial charge in [0.05, 0.1) is 22.6 Å². The smallest absolute Gasteiger partial charge is 0.250 e. The van der Waals surface area contributed by atoms with E-state index in [0.29, 0.717) is 25.2 Å². The highest BCUT2D eigenvalue weighted by atomic mass is 16.1. The molecular formula is C19H19N5O. The zero-order valence-electron chi connectivity index (χ0n) is 13.7. The van der Waals surface area contributed by atoms with Crippen molar-refractivity contribution >= 4 is 5.91 Å². The summed E-state index contributed by atoms with van der Waals surface area (Å²) in [6, 6.07) is 15.3. The number of aromatic nitrogens is 3. The average Bonchev–Trinajstić information content (AvgIpc) is 2.64. The number of nitrogens with zero attached hydrogens (tertiary/aromatic N) is 4. The summed E-state index contributed by atoms with van der Waals surface area (Å²) in [6.07, 6.45) is 5.08. The molecular weight excluding hydrogens is 314 g/mol. The third-order valence-corrected chi connectivity index (χ3v) is 3.72. The zero-order valence-corrected chi connectivity index (χ0v) is 13.7. The summed E-state index contributed by atoms with van der Waals surface area (Å²) in [5.41, 5.74) is 8.49. The minimum absolute atomic E-state index is 0.407. The minimum Gasteiger partial charge on any atom is -0.366 e. The number of nitrogens with two attached hydrogens (primary N) is 1. The van der Waals surface area contributed by atoms with Crippen molar-refractivity contribution in [2.45, 2.75) is 19.6 Å². The molecule has 0 bridgehead atoms. The van der Waals surface area contributed by atoms with Crippen LogP contribution in [0, 0.1) is 0 Å². The van der Waals surface area contributed by atoms with Crippen LogP contribution in [0.25, 0.3) is 0 Å². The van der Waals surface area contributed by atoms with Crippen LogP contribution in [0.5, 0.6) is 0 Å². The molecule has 25 heavy (non-hydrogen) atoms. The number of hydrogen-bond acceptors (Lipinski definition) is 5. The second-order valence-electron chi connectivity index (χ2n) is 5.69. The van der Waals surface area contributed by atoms with Gasteiger partial charge < -0.3 is 5.73 Å². The van der Waals surface area contributed by atoms with Gasteiger partial charge in [0.1, 0.15) is 0 Å². The van der Waals surface area contributed by atoms with E-state index < -0.39 is 5.91 Å². The molecule has 0 saturated carbocycles. The molecule has 1 amide bonds. The van der Waals surface area contributed by atoms with Crippen LogP contribution in [0.4, 0.5) is 0 Å². The molecule has 0 aliphatic carbocycles. The summed E-state index contributed by atoms with van der Waals surface area (Å²) in [6.45, 7) is 1.97. The van der Waals surface area contributed by atoms with Crippen molar-refractivity contribution in [3.63, 3.8) is 0 Å². The highest BCUT2D eigenvalue weighted by Crippen LogP contribution is 2.11. The van der Waals surface area contributed by atoms with Crippen molar-refractivity contribution in [1.29, 1.82) is 0 Å². The predicted molar refractivity (Wildman–Crippen MR) is 94.2 cm³/mol. The van der Waals surface area contributed by atoms with Gasteiger partial charge in [0.15, 0.2) is 0 Å². The van der Waals surface area contributed by atoms with E-state index in [4.69, 9.17) is 5.73 Å². The van der Waals surface area contributed by atoms with E-state index in [0.717, 1.165) is 17.1 Å². The first-order valence-corrected chi connectivity index (χ1v) is 7.97. The van der Waals surface area contributed by atoms with Gasteiger partial charge in [0.2, 0.25) is 5.91 Å². The second kappa shape index (κ2) is 8.12. The third-order valence-electron chi connectivity index (χ3n) is 3.72. The summed E-state index contributed by atoms with van der Waals surface area (Å²) < 4.78 is 0. The first-order chi connectivity index (χ1) is 12.2. The van der Waals surface area contributed by atoms with E-state index >= 15 is 0 Å². The van der Waals surface area contributed by atoms with Gasteiger partial charge >= 0.3 is 0 Å². The monoisotopic (exact) mass is 333 g/mol. The van der Waals surface area contributed by atoms with Gasteiger partial charge in [0, 0.05) is 38.2 Å². The molecule has 0 radical (unpaired) electrons. The van der Waals surface area contributed by atoms with Crippen LogP contribution in [0.1, 0.15) is 27.4 Å². The second-order valence-corrected chi connectivity index (χ2v) is 5.69. The molecule has 126 valence electrons. The van der Waals surface area contributed by atoms with E-state index in [1.165, 1.54) is 6.20 Å². The Labute approximate surface area is 146 Å². The molecule has 2 N–H and O–H groups in total. The number of pyridine rings is 3. The number of amides is 1. The van der Waals surface area contributed by atoms with Gasteiger partial charge in [0.25, 0.3) is 0 Å². The van der Waals surface area contributed by atoms with Crippen LogP contribution < -0.4 is 5.73 Å². The van der Waals surface area contributed by atoms with Crippen LogP contribution in [-0.2, 0) is 19.6 Å². The number of carbonyl (C=O) groups is 1. The minimum atomic E-state index is -0.474. The number of carbonyl (C=O) groups excluding carboxylic acids is 1. The zero-order chi connectivity index (χ0) is 17.5. The van der Waals surface area contributed by atoms with Crippen LogP contribution in [0.15, 0.2) is 67.1 Å². The standard InChI is InChI=1S/C19H19N5O/c20-19(25)15-7-8-18(23-11-15)14-24(12-16-5-1-3-9-21-16)13-17-6-2-4-10-22-17/h1-11H,12-14H2,(H2,20,25). The number of hydrogen-bond donors (Lipinski definition) is 1. The maximum Gasteiger partial charge on any atom is 0.250 e. The molecule has 0 spiro atoms. The molecule has 3 aromatic heterocycles. The lowest BCUT2D eigenvalue weighted by atomic mass is 10.2. The summed E-state index contributed by atoms with van der Waals surface area (Å²) in [7, 11) is 0. The molecule has 0 fully saturated rings. The Kier molecular flexibility index (Phi) is 5.43. The van der Waals surface area contributed by atoms with Crippen LogP contribution in [0.3, 0.4) is 0 Å². The summed E-state index contributed by atoms with van der Waals surface area (Å²) in [5, 5.41) is 0. The Morgan fingerprint density at radius 2 is 1.36 bits per heavy atom. The first kappa shape index (κ1) is 16.7. The van der Waals surface area contributed by atoms with Crippen molar-refractivity contribution in [2.75, 3.05) is 0 Å².